The lowest BCUT2D eigenvalue weighted by atomic mass is 10.1. The van der Waals surface area contributed by atoms with Crippen molar-refractivity contribution in [2.75, 3.05) is 25.1 Å². The van der Waals surface area contributed by atoms with E-state index in [1.165, 1.54) is 24.3 Å². The zero-order valence-electron chi connectivity index (χ0n) is 14.2. The molecule has 3 rings (SSSR count). The van der Waals surface area contributed by atoms with Gasteiger partial charge < -0.3 is 9.64 Å². The molecule has 0 saturated carbocycles. The molecule has 25 heavy (non-hydrogen) atoms. The van der Waals surface area contributed by atoms with Gasteiger partial charge in [-0.25, -0.2) is 4.39 Å². The molecule has 5 heteroatoms. The number of hydrogen-bond donors (Lipinski definition) is 0. The van der Waals surface area contributed by atoms with Gasteiger partial charge in [-0.2, -0.15) is 0 Å². The monoisotopic (exact) mass is 340 g/mol. The van der Waals surface area contributed by atoms with Gasteiger partial charge in [0, 0.05) is 18.5 Å². The van der Waals surface area contributed by atoms with Crippen LogP contribution in [-0.4, -0.2) is 31.8 Å². The highest BCUT2D eigenvalue weighted by molar-refractivity contribution is 6.07. The van der Waals surface area contributed by atoms with Gasteiger partial charge in [0.05, 0.1) is 19.3 Å². The van der Waals surface area contributed by atoms with Gasteiger partial charge in [-0.15, -0.1) is 0 Å². The first-order valence-electron chi connectivity index (χ1n) is 8.41. The Morgan fingerprint density at radius 3 is 2.60 bits per heavy atom. The number of ketones is 1. The van der Waals surface area contributed by atoms with Crippen LogP contribution in [0.4, 0.5) is 10.1 Å². The maximum Gasteiger partial charge on any atom is 0.182 e. The van der Waals surface area contributed by atoms with E-state index in [0.717, 1.165) is 37.3 Å². The minimum absolute atomic E-state index is 0.0841. The van der Waals surface area contributed by atoms with Crippen LogP contribution < -0.4 is 9.64 Å². The molecule has 0 N–H and O–H groups in total. The van der Waals surface area contributed by atoms with E-state index in [0.29, 0.717) is 11.3 Å². The summed E-state index contributed by atoms with van der Waals surface area (Å²) in [6.45, 7) is 0.913. The average Bonchev–Trinajstić information content (AvgIpc) is 2.67. The van der Waals surface area contributed by atoms with E-state index in [1.807, 2.05) is 29.2 Å². The van der Waals surface area contributed by atoms with Gasteiger partial charge >= 0.3 is 0 Å². The van der Waals surface area contributed by atoms with Gasteiger partial charge in [0.25, 0.3) is 0 Å². The molecule has 2 aromatic rings. The van der Waals surface area contributed by atoms with Crippen molar-refractivity contribution in [3.8, 4) is 5.75 Å². The lowest BCUT2D eigenvalue weighted by Gasteiger charge is -2.29. The van der Waals surface area contributed by atoms with E-state index in [2.05, 4.69) is 4.99 Å². The Balaban J connectivity index is 1.92. The number of aliphatic imine (C=N–C) groups is 1. The fourth-order valence-electron chi connectivity index (χ4n) is 2.94. The van der Waals surface area contributed by atoms with Crippen LogP contribution in [0.5, 0.6) is 5.75 Å². The normalized spacial score (nSPS) is 13.9. The van der Waals surface area contributed by atoms with Crippen molar-refractivity contribution in [1.29, 1.82) is 0 Å². The van der Waals surface area contributed by atoms with E-state index in [1.54, 1.807) is 7.11 Å². The van der Waals surface area contributed by atoms with Crippen molar-refractivity contribution >= 4 is 17.3 Å². The summed E-state index contributed by atoms with van der Waals surface area (Å²) in [6.07, 6.45) is 2.94. The Bertz CT molecular complexity index is 772. The quantitative estimate of drug-likeness (QED) is 0.769. The highest BCUT2D eigenvalue weighted by atomic mass is 19.1. The minimum Gasteiger partial charge on any atom is -0.495 e. The van der Waals surface area contributed by atoms with Crippen LogP contribution >= 0.6 is 0 Å². The molecule has 0 radical (unpaired) electrons. The van der Waals surface area contributed by atoms with Crippen molar-refractivity contribution < 1.29 is 13.9 Å². The van der Waals surface area contributed by atoms with Crippen molar-refractivity contribution in [3.63, 3.8) is 0 Å². The summed E-state index contributed by atoms with van der Waals surface area (Å²) in [4.78, 5) is 19.3. The minimum atomic E-state index is -0.352. The number of amidine groups is 1. The summed E-state index contributed by atoms with van der Waals surface area (Å²) < 4.78 is 18.6. The van der Waals surface area contributed by atoms with Crippen molar-refractivity contribution in [2.24, 2.45) is 4.99 Å². The summed E-state index contributed by atoms with van der Waals surface area (Å²) in [5, 5.41) is 0. The fraction of sp³-hybridized carbons (Fsp3) is 0.300. The molecule has 0 aliphatic carbocycles. The molecule has 0 saturated heterocycles. The second-order valence-electron chi connectivity index (χ2n) is 5.94. The molecule has 1 aliphatic heterocycles. The molecule has 0 atom stereocenters. The maximum absolute atomic E-state index is 13.1. The summed E-state index contributed by atoms with van der Waals surface area (Å²) in [6, 6.07) is 13.2. The molecule has 1 aliphatic rings. The Morgan fingerprint density at radius 1 is 1.16 bits per heavy atom. The first-order valence-corrected chi connectivity index (χ1v) is 8.41. The number of anilines is 1. The number of carbonyl (C=O) groups excluding carboxylic acids is 1. The summed E-state index contributed by atoms with van der Waals surface area (Å²) in [5.41, 5.74) is 1.30. The number of halogens is 1. The second kappa shape index (κ2) is 7.92. The molecular weight excluding hydrogens is 319 g/mol. The summed E-state index contributed by atoms with van der Waals surface area (Å²) in [7, 11) is 1.61. The average molecular weight is 340 g/mol. The molecule has 0 amide bonds. The van der Waals surface area contributed by atoms with Gasteiger partial charge in [0.1, 0.15) is 17.4 Å². The predicted molar refractivity (Wildman–Crippen MR) is 97.2 cm³/mol. The largest absolute Gasteiger partial charge is 0.495 e. The molecule has 0 spiro atoms. The zero-order chi connectivity index (χ0) is 17.6. The molecule has 130 valence electrons. The number of ether oxygens (including phenoxy) is 1. The highest BCUT2D eigenvalue weighted by Gasteiger charge is 2.22. The van der Waals surface area contributed by atoms with Crippen LogP contribution in [0.25, 0.3) is 0 Å². The predicted octanol–water partition coefficient (Wildman–Crippen LogP) is 4.11. The van der Waals surface area contributed by atoms with Crippen LogP contribution in [0.1, 0.15) is 29.6 Å². The van der Waals surface area contributed by atoms with Crippen molar-refractivity contribution in [1.82, 2.24) is 0 Å². The molecule has 4 nitrogen and oxygen atoms in total. The number of carbonyl (C=O) groups is 1. The van der Waals surface area contributed by atoms with Gasteiger partial charge in [-0.05, 0) is 49.2 Å². The Kier molecular flexibility index (Phi) is 5.43. The van der Waals surface area contributed by atoms with E-state index < -0.39 is 0 Å². The van der Waals surface area contributed by atoms with E-state index >= 15 is 0 Å². The topological polar surface area (TPSA) is 41.9 Å². The molecular formula is C20H21FN2O2. The number of nitrogens with zero attached hydrogens (tertiary/aromatic N) is 2. The number of methoxy groups -OCH3 is 1. The van der Waals surface area contributed by atoms with Crippen LogP contribution in [-0.2, 0) is 0 Å². The van der Waals surface area contributed by atoms with E-state index in [9.17, 15) is 9.18 Å². The van der Waals surface area contributed by atoms with Crippen LogP contribution in [0.3, 0.4) is 0 Å². The standard InChI is InChI=1S/C20H21FN2O2/c1-25-19-7-3-2-6-17(19)23(20-8-4-5-13-22-20)14-18(24)15-9-11-16(21)12-10-15/h2-3,6-7,9-12H,4-5,8,13-14H2,1H3. The number of hydrogen-bond acceptors (Lipinski definition) is 4. The molecule has 2 aromatic carbocycles. The van der Waals surface area contributed by atoms with E-state index in [4.69, 9.17) is 4.74 Å². The Morgan fingerprint density at radius 2 is 1.92 bits per heavy atom. The van der Waals surface area contributed by atoms with Crippen LogP contribution in [0, 0.1) is 5.82 Å². The number of Topliss-reactive ketones (excluding diaryl/α,β-unsaturated/α-hetero) is 1. The smallest absolute Gasteiger partial charge is 0.182 e. The van der Waals surface area contributed by atoms with Gasteiger partial charge in [0.15, 0.2) is 5.78 Å². The third-order valence-corrected chi connectivity index (χ3v) is 4.26. The molecule has 1 heterocycles. The molecule has 0 bridgehead atoms. The van der Waals surface area contributed by atoms with Crippen molar-refractivity contribution in [3.05, 3.63) is 59.9 Å². The number of para-hydroxylation sites is 2. The maximum atomic E-state index is 13.1. The Labute approximate surface area is 146 Å². The highest BCUT2D eigenvalue weighted by Crippen LogP contribution is 2.29. The van der Waals surface area contributed by atoms with Gasteiger partial charge in [-0.3, -0.25) is 9.79 Å². The molecule has 0 aromatic heterocycles. The van der Waals surface area contributed by atoms with Crippen LogP contribution in [0.15, 0.2) is 53.5 Å². The third-order valence-electron chi connectivity index (χ3n) is 4.26. The summed E-state index contributed by atoms with van der Waals surface area (Å²) in [5.74, 6) is 1.16. The summed E-state index contributed by atoms with van der Waals surface area (Å²) >= 11 is 0. The Hall–Kier alpha value is -2.69. The number of rotatable bonds is 5. The first kappa shape index (κ1) is 17.1. The zero-order valence-corrected chi connectivity index (χ0v) is 14.2. The third kappa shape index (κ3) is 4.05. The van der Waals surface area contributed by atoms with E-state index in [-0.39, 0.29) is 18.1 Å². The fourth-order valence-corrected chi connectivity index (χ4v) is 2.94. The lowest BCUT2D eigenvalue weighted by molar-refractivity contribution is 0.100. The SMILES string of the molecule is COc1ccccc1N(CC(=O)c1ccc(F)cc1)C1=NCCCC1. The molecule has 0 unspecified atom stereocenters. The number of benzene rings is 2. The molecule has 0 fully saturated rings. The van der Waals surface area contributed by atoms with Crippen molar-refractivity contribution in [2.45, 2.75) is 19.3 Å². The van der Waals surface area contributed by atoms with Gasteiger partial charge in [0.2, 0.25) is 0 Å². The second-order valence-corrected chi connectivity index (χ2v) is 5.94. The van der Waals surface area contributed by atoms with Gasteiger partial charge in [-0.1, -0.05) is 12.1 Å². The van der Waals surface area contributed by atoms with Crippen LogP contribution in [0.2, 0.25) is 0 Å². The first-order chi connectivity index (χ1) is 12.2. The lowest BCUT2D eigenvalue weighted by Crippen LogP contribution is -2.37.